The first kappa shape index (κ1) is 22.3. The number of rotatable bonds is 7. The maximum atomic E-state index is 6.10. The molecule has 1 heterocycles. The molecule has 0 saturated carbocycles. The smallest absolute Gasteiger partial charge is 0.142 e. The fourth-order valence-electron chi connectivity index (χ4n) is 4.91. The molecule has 0 saturated heterocycles. The molecule has 0 aliphatic heterocycles. The van der Waals surface area contributed by atoms with Crippen LogP contribution < -0.4 is 4.74 Å². The third kappa shape index (κ3) is 4.21. The van der Waals surface area contributed by atoms with Gasteiger partial charge >= 0.3 is 0 Å². The number of benzene rings is 5. The molecule has 36 heavy (non-hydrogen) atoms. The van der Waals surface area contributed by atoms with Gasteiger partial charge in [-0.25, -0.2) is 4.98 Å². The number of ether oxygens (including phenoxy) is 1. The van der Waals surface area contributed by atoms with Gasteiger partial charge in [-0.15, -0.1) is 0 Å². The summed E-state index contributed by atoms with van der Waals surface area (Å²) in [5.74, 6) is 1.85. The second kappa shape index (κ2) is 9.48. The van der Waals surface area contributed by atoms with E-state index in [0.29, 0.717) is 6.61 Å². The average molecular weight is 472 g/mol. The molecule has 178 valence electrons. The number of fused-ring (bicyclic) bond motifs is 3. The molecule has 0 unspecified atom stereocenters. The van der Waals surface area contributed by atoms with Gasteiger partial charge in [0.25, 0.3) is 0 Å². The molecule has 0 amide bonds. The minimum Gasteiger partial charge on any atom is -0.492 e. The zero-order chi connectivity index (χ0) is 24.5. The van der Waals surface area contributed by atoms with Crippen molar-refractivity contribution in [3.8, 4) is 17.1 Å². The standard InChI is InChI=1S/C32H29N3O/c1-34(2)18-19-36-26-16-17-29-30(21-26)35(22-23-10-4-3-5-11-23)32(33-29)31-27-14-8-6-12-24(27)20-25-13-7-9-15-28(25)31/h3-17,20-21H,18-19,22H2,1-2H3. The van der Waals surface area contributed by atoms with Gasteiger partial charge < -0.3 is 14.2 Å². The van der Waals surface area contributed by atoms with Crippen molar-refractivity contribution < 1.29 is 4.74 Å². The van der Waals surface area contributed by atoms with E-state index >= 15 is 0 Å². The minimum absolute atomic E-state index is 0.645. The Hall–Kier alpha value is -4.15. The summed E-state index contributed by atoms with van der Waals surface area (Å²) in [6, 6.07) is 36.3. The van der Waals surface area contributed by atoms with Crippen molar-refractivity contribution in [3.05, 3.63) is 109 Å². The van der Waals surface area contributed by atoms with Gasteiger partial charge in [0.2, 0.25) is 0 Å². The fourth-order valence-corrected chi connectivity index (χ4v) is 4.91. The molecule has 1 aromatic heterocycles. The minimum atomic E-state index is 0.645. The van der Waals surface area contributed by atoms with Crippen LogP contribution in [-0.2, 0) is 6.54 Å². The lowest BCUT2D eigenvalue weighted by molar-refractivity contribution is 0.261. The molecule has 0 bridgehead atoms. The Morgan fingerprint density at radius 1 is 0.750 bits per heavy atom. The van der Waals surface area contributed by atoms with Gasteiger partial charge in [-0.1, -0.05) is 78.9 Å². The Balaban J connectivity index is 1.60. The lowest BCUT2D eigenvalue weighted by atomic mass is 9.96. The van der Waals surface area contributed by atoms with E-state index in [-0.39, 0.29) is 0 Å². The molecule has 6 aromatic rings. The SMILES string of the molecule is CN(C)CCOc1ccc2nc(-c3c4ccccc4cc4ccccc34)n(Cc3ccccc3)c2c1. The van der Waals surface area contributed by atoms with E-state index in [0.717, 1.165) is 35.7 Å². The summed E-state index contributed by atoms with van der Waals surface area (Å²) in [6.07, 6.45) is 0. The molecule has 5 aromatic carbocycles. The Kier molecular flexibility index (Phi) is 5.88. The van der Waals surface area contributed by atoms with Crippen molar-refractivity contribution >= 4 is 32.6 Å². The monoisotopic (exact) mass is 471 g/mol. The molecule has 0 N–H and O–H groups in total. The Bertz CT molecular complexity index is 1610. The number of nitrogens with zero attached hydrogens (tertiary/aromatic N) is 3. The lowest BCUT2D eigenvalue weighted by Gasteiger charge is -2.15. The first-order chi connectivity index (χ1) is 17.7. The highest BCUT2D eigenvalue weighted by atomic mass is 16.5. The number of hydrogen-bond acceptors (Lipinski definition) is 3. The summed E-state index contributed by atoms with van der Waals surface area (Å²) in [5.41, 5.74) is 4.46. The van der Waals surface area contributed by atoms with Crippen molar-refractivity contribution in [2.75, 3.05) is 27.2 Å². The van der Waals surface area contributed by atoms with Crippen LogP contribution in [0.15, 0.2) is 103 Å². The van der Waals surface area contributed by atoms with Crippen LogP contribution in [0.4, 0.5) is 0 Å². The van der Waals surface area contributed by atoms with Crippen LogP contribution in [0.25, 0.3) is 44.0 Å². The molecule has 4 nitrogen and oxygen atoms in total. The highest BCUT2D eigenvalue weighted by molar-refractivity contribution is 6.12. The van der Waals surface area contributed by atoms with Gasteiger partial charge in [0.15, 0.2) is 0 Å². The summed E-state index contributed by atoms with van der Waals surface area (Å²) in [4.78, 5) is 7.36. The Morgan fingerprint density at radius 2 is 1.42 bits per heavy atom. The molecule has 0 spiro atoms. The number of aromatic nitrogens is 2. The number of imidazole rings is 1. The maximum Gasteiger partial charge on any atom is 0.142 e. The van der Waals surface area contributed by atoms with Gasteiger partial charge in [0, 0.05) is 24.7 Å². The third-order valence-corrected chi connectivity index (χ3v) is 6.71. The van der Waals surface area contributed by atoms with Gasteiger partial charge in [-0.2, -0.15) is 0 Å². The van der Waals surface area contributed by atoms with Crippen molar-refractivity contribution in [2.24, 2.45) is 0 Å². The van der Waals surface area contributed by atoms with Gasteiger partial charge in [0.05, 0.1) is 11.0 Å². The molecule has 0 aliphatic carbocycles. The van der Waals surface area contributed by atoms with Crippen LogP contribution in [0, 0.1) is 0 Å². The molecular weight excluding hydrogens is 442 g/mol. The van der Waals surface area contributed by atoms with Crippen LogP contribution in [-0.4, -0.2) is 41.7 Å². The van der Waals surface area contributed by atoms with E-state index in [1.54, 1.807) is 0 Å². The molecule has 0 radical (unpaired) electrons. The maximum absolute atomic E-state index is 6.10. The first-order valence-corrected chi connectivity index (χ1v) is 12.4. The van der Waals surface area contributed by atoms with Crippen LogP contribution in [0.2, 0.25) is 0 Å². The normalized spacial score (nSPS) is 11.6. The van der Waals surface area contributed by atoms with Crippen LogP contribution >= 0.6 is 0 Å². The molecule has 6 rings (SSSR count). The highest BCUT2D eigenvalue weighted by Gasteiger charge is 2.19. The van der Waals surface area contributed by atoms with E-state index in [1.807, 2.05) is 6.07 Å². The second-order valence-corrected chi connectivity index (χ2v) is 9.50. The molecule has 0 fully saturated rings. The predicted octanol–water partition coefficient (Wildman–Crippen LogP) is 7.00. The quantitative estimate of drug-likeness (QED) is 0.235. The van der Waals surface area contributed by atoms with E-state index in [1.165, 1.54) is 32.7 Å². The largest absolute Gasteiger partial charge is 0.492 e. The van der Waals surface area contributed by atoms with Crippen molar-refractivity contribution in [3.63, 3.8) is 0 Å². The topological polar surface area (TPSA) is 30.3 Å². The van der Waals surface area contributed by atoms with Crippen LogP contribution in [0.1, 0.15) is 5.56 Å². The first-order valence-electron chi connectivity index (χ1n) is 12.4. The summed E-state index contributed by atoms with van der Waals surface area (Å²) in [6.45, 7) is 2.24. The fraction of sp³-hybridized carbons (Fsp3) is 0.156. The summed E-state index contributed by atoms with van der Waals surface area (Å²) in [5, 5.41) is 4.86. The second-order valence-electron chi connectivity index (χ2n) is 9.50. The third-order valence-electron chi connectivity index (χ3n) is 6.71. The van der Waals surface area contributed by atoms with Gasteiger partial charge in [-0.3, -0.25) is 0 Å². The molecule has 0 atom stereocenters. The zero-order valence-corrected chi connectivity index (χ0v) is 20.7. The van der Waals surface area contributed by atoms with E-state index in [4.69, 9.17) is 9.72 Å². The Labute approximate surface area is 211 Å². The number of hydrogen-bond donors (Lipinski definition) is 0. The lowest BCUT2D eigenvalue weighted by Crippen LogP contribution is -2.19. The van der Waals surface area contributed by atoms with Crippen molar-refractivity contribution in [2.45, 2.75) is 6.54 Å². The molecule has 0 aliphatic rings. The van der Waals surface area contributed by atoms with Crippen LogP contribution in [0.3, 0.4) is 0 Å². The van der Waals surface area contributed by atoms with Gasteiger partial charge in [0.1, 0.15) is 18.2 Å². The summed E-state index contributed by atoms with van der Waals surface area (Å²) >= 11 is 0. The van der Waals surface area contributed by atoms with Gasteiger partial charge in [-0.05, 0) is 59.4 Å². The highest BCUT2D eigenvalue weighted by Crippen LogP contribution is 2.38. The van der Waals surface area contributed by atoms with E-state index in [9.17, 15) is 0 Å². The summed E-state index contributed by atoms with van der Waals surface area (Å²) in [7, 11) is 4.12. The van der Waals surface area contributed by atoms with Crippen molar-refractivity contribution in [1.29, 1.82) is 0 Å². The van der Waals surface area contributed by atoms with E-state index in [2.05, 4.69) is 121 Å². The zero-order valence-electron chi connectivity index (χ0n) is 20.7. The molecule has 4 heteroatoms. The predicted molar refractivity (Wildman–Crippen MR) is 150 cm³/mol. The van der Waals surface area contributed by atoms with Crippen LogP contribution in [0.5, 0.6) is 5.75 Å². The van der Waals surface area contributed by atoms with E-state index < -0.39 is 0 Å². The average Bonchev–Trinajstić information content (AvgIpc) is 3.24. The number of likely N-dealkylation sites (N-methyl/N-ethyl adjacent to an activating group) is 1. The molecular formula is C32H29N3O. The Morgan fingerprint density at radius 3 is 2.11 bits per heavy atom. The van der Waals surface area contributed by atoms with Crippen molar-refractivity contribution in [1.82, 2.24) is 14.5 Å². The summed E-state index contributed by atoms with van der Waals surface area (Å²) < 4.78 is 8.45.